The first-order valence-corrected chi connectivity index (χ1v) is 7.27. The Bertz CT molecular complexity index is 633. The second-order valence-electron chi connectivity index (χ2n) is 5.19. The highest BCUT2D eigenvalue weighted by molar-refractivity contribution is 6.32. The number of halogens is 2. The van der Waals surface area contributed by atoms with Crippen molar-refractivity contribution in [2.75, 3.05) is 6.61 Å². The summed E-state index contributed by atoms with van der Waals surface area (Å²) in [6.07, 6.45) is 2.20. The minimum atomic E-state index is -0.310. The molecule has 3 nitrogen and oxygen atoms in total. The fourth-order valence-corrected chi connectivity index (χ4v) is 3.39. The minimum absolute atomic E-state index is 0.0788. The van der Waals surface area contributed by atoms with Crippen molar-refractivity contribution in [1.82, 2.24) is 9.97 Å². The molecule has 1 heterocycles. The van der Waals surface area contributed by atoms with Gasteiger partial charge in [0, 0.05) is 11.0 Å². The van der Waals surface area contributed by atoms with Gasteiger partial charge in [-0.3, -0.25) is 0 Å². The molecule has 1 aliphatic rings. The molecule has 0 bridgehead atoms. The van der Waals surface area contributed by atoms with E-state index in [1.807, 2.05) is 30.3 Å². The van der Waals surface area contributed by atoms with E-state index in [1.165, 1.54) is 0 Å². The molecule has 0 fully saturated rings. The number of hydrogen-bond donors (Lipinski definition) is 1. The fraction of sp³-hybridized carbons (Fsp3) is 0.333. The predicted molar refractivity (Wildman–Crippen MR) is 79.3 cm³/mol. The van der Waals surface area contributed by atoms with Crippen LogP contribution < -0.4 is 0 Å². The van der Waals surface area contributed by atoms with Gasteiger partial charge in [-0.25, -0.2) is 9.97 Å². The first-order valence-electron chi connectivity index (χ1n) is 6.52. The lowest BCUT2D eigenvalue weighted by atomic mass is 9.69. The maximum Gasteiger partial charge on any atom is 0.224 e. The highest BCUT2D eigenvalue weighted by Crippen LogP contribution is 2.39. The molecule has 1 N–H and O–H groups in total. The minimum Gasteiger partial charge on any atom is -0.395 e. The fourth-order valence-electron chi connectivity index (χ4n) is 2.90. The van der Waals surface area contributed by atoms with E-state index < -0.39 is 0 Å². The van der Waals surface area contributed by atoms with Crippen LogP contribution in [0.3, 0.4) is 0 Å². The molecule has 20 heavy (non-hydrogen) atoms. The molecule has 1 atom stereocenters. The molecule has 0 amide bonds. The first-order chi connectivity index (χ1) is 9.64. The number of rotatable bonds is 2. The lowest BCUT2D eigenvalue weighted by molar-refractivity contribution is 0.176. The summed E-state index contributed by atoms with van der Waals surface area (Å²) in [5.74, 6) is 0. The summed E-state index contributed by atoms with van der Waals surface area (Å²) in [6.45, 7) is 0.0788. The van der Waals surface area contributed by atoms with E-state index in [9.17, 15) is 5.11 Å². The van der Waals surface area contributed by atoms with Gasteiger partial charge in [0.2, 0.25) is 5.28 Å². The quantitative estimate of drug-likeness (QED) is 0.684. The Morgan fingerprint density at radius 2 is 1.90 bits per heavy atom. The molecule has 0 radical (unpaired) electrons. The van der Waals surface area contributed by atoms with Crippen LogP contribution in [-0.4, -0.2) is 21.7 Å². The summed E-state index contributed by atoms with van der Waals surface area (Å²) in [5.41, 5.74) is 2.61. The normalized spacial score (nSPS) is 21.6. The van der Waals surface area contributed by atoms with E-state index in [0.717, 1.165) is 29.7 Å². The molecule has 0 aliphatic heterocycles. The van der Waals surface area contributed by atoms with Gasteiger partial charge >= 0.3 is 0 Å². The Morgan fingerprint density at radius 3 is 2.60 bits per heavy atom. The Kier molecular flexibility index (Phi) is 3.67. The van der Waals surface area contributed by atoms with Crippen LogP contribution in [0.5, 0.6) is 0 Å². The van der Waals surface area contributed by atoms with Crippen LogP contribution >= 0.6 is 23.2 Å². The number of aliphatic hydroxyl groups excluding tert-OH is 1. The van der Waals surface area contributed by atoms with Crippen molar-refractivity contribution in [3.8, 4) is 0 Å². The SMILES string of the molecule is OC[C@@]1(c2ccccc2)CCc2nc(Cl)nc(Cl)c2C1. The van der Waals surface area contributed by atoms with Gasteiger partial charge in [-0.2, -0.15) is 0 Å². The predicted octanol–water partition coefficient (Wildman–Crippen LogP) is 3.20. The van der Waals surface area contributed by atoms with Gasteiger partial charge in [-0.05, 0) is 36.4 Å². The van der Waals surface area contributed by atoms with Gasteiger partial charge in [0.25, 0.3) is 0 Å². The number of aryl methyl sites for hydroxylation is 1. The third-order valence-corrected chi connectivity index (χ3v) is 4.54. The molecule has 0 unspecified atom stereocenters. The summed E-state index contributed by atoms with van der Waals surface area (Å²) in [6, 6.07) is 10.0. The second-order valence-corrected chi connectivity index (χ2v) is 5.89. The average Bonchev–Trinajstić information content (AvgIpc) is 2.48. The van der Waals surface area contributed by atoms with Gasteiger partial charge in [-0.1, -0.05) is 41.9 Å². The smallest absolute Gasteiger partial charge is 0.224 e. The van der Waals surface area contributed by atoms with Crippen molar-refractivity contribution in [3.63, 3.8) is 0 Å². The Hall–Kier alpha value is -1.16. The van der Waals surface area contributed by atoms with Crippen LogP contribution in [0.2, 0.25) is 10.4 Å². The van der Waals surface area contributed by atoms with Gasteiger partial charge in [0.15, 0.2) is 0 Å². The summed E-state index contributed by atoms with van der Waals surface area (Å²) in [5, 5.41) is 10.5. The van der Waals surface area contributed by atoms with Crippen LogP contribution in [0, 0.1) is 0 Å². The molecule has 1 aliphatic carbocycles. The molecule has 0 saturated carbocycles. The van der Waals surface area contributed by atoms with Crippen LogP contribution in [0.4, 0.5) is 0 Å². The first kappa shape index (κ1) is 13.8. The zero-order valence-corrected chi connectivity index (χ0v) is 12.3. The maximum atomic E-state index is 9.96. The molecular formula is C15H14Cl2N2O. The van der Waals surface area contributed by atoms with E-state index in [-0.39, 0.29) is 17.3 Å². The maximum absolute atomic E-state index is 9.96. The topological polar surface area (TPSA) is 46.0 Å². The summed E-state index contributed by atoms with van der Waals surface area (Å²) < 4.78 is 0. The number of hydrogen-bond acceptors (Lipinski definition) is 3. The Morgan fingerprint density at radius 1 is 1.15 bits per heavy atom. The molecular weight excluding hydrogens is 295 g/mol. The van der Waals surface area contributed by atoms with Gasteiger partial charge in [0.05, 0.1) is 12.3 Å². The monoisotopic (exact) mass is 308 g/mol. The van der Waals surface area contributed by atoms with Crippen molar-refractivity contribution in [2.45, 2.75) is 24.7 Å². The van der Waals surface area contributed by atoms with Crippen molar-refractivity contribution in [3.05, 3.63) is 57.6 Å². The lowest BCUT2D eigenvalue weighted by Crippen LogP contribution is -2.37. The second kappa shape index (κ2) is 5.32. The largest absolute Gasteiger partial charge is 0.395 e. The third kappa shape index (κ3) is 2.30. The molecule has 0 saturated heterocycles. The average molecular weight is 309 g/mol. The number of benzene rings is 1. The van der Waals surface area contributed by atoms with Crippen LogP contribution in [-0.2, 0) is 18.3 Å². The van der Waals surface area contributed by atoms with Crippen molar-refractivity contribution in [2.24, 2.45) is 0 Å². The van der Waals surface area contributed by atoms with Gasteiger partial charge in [-0.15, -0.1) is 0 Å². The lowest BCUT2D eigenvalue weighted by Gasteiger charge is -2.37. The van der Waals surface area contributed by atoms with Crippen LogP contribution in [0.1, 0.15) is 23.2 Å². The summed E-state index contributed by atoms with van der Waals surface area (Å²) in [4.78, 5) is 8.27. The van der Waals surface area contributed by atoms with E-state index in [2.05, 4.69) is 9.97 Å². The van der Waals surface area contributed by atoms with Gasteiger partial charge in [0.1, 0.15) is 5.15 Å². The van der Waals surface area contributed by atoms with Gasteiger partial charge < -0.3 is 5.11 Å². The summed E-state index contributed by atoms with van der Waals surface area (Å²) in [7, 11) is 0. The van der Waals surface area contributed by atoms with Crippen molar-refractivity contribution < 1.29 is 5.11 Å². The third-order valence-electron chi connectivity index (χ3n) is 4.06. The highest BCUT2D eigenvalue weighted by atomic mass is 35.5. The van der Waals surface area contributed by atoms with Crippen molar-refractivity contribution >= 4 is 23.2 Å². The molecule has 5 heteroatoms. The number of fused-ring (bicyclic) bond motifs is 1. The molecule has 1 aromatic heterocycles. The molecule has 0 spiro atoms. The molecule has 2 aromatic rings. The Labute approximate surface area is 127 Å². The van der Waals surface area contributed by atoms with Crippen LogP contribution in [0.25, 0.3) is 0 Å². The summed E-state index contributed by atoms with van der Waals surface area (Å²) >= 11 is 12.0. The standard InChI is InChI=1S/C15H14Cl2N2O/c16-13-11-8-15(9-20,10-4-2-1-3-5-10)7-6-12(11)18-14(17)19-13/h1-5,20H,6-9H2/t15-/m1/s1. The van der Waals surface area contributed by atoms with E-state index >= 15 is 0 Å². The molecule has 3 rings (SSSR count). The van der Waals surface area contributed by atoms with E-state index in [0.29, 0.717) is 11.6 Å². The molecule has 104 valence electrons. The zero-order valence-electron chi connectivity index (χ0n) is 10.8. The van der Waals surface area contributed by atoms with E-state index in [1.54, 1.807) is 0 Å². The Balaban J connectivity index is 2.06. The zero-order chi connectivity index (χ0) is 14.2. The molecule has 1 aromatic carbocycles. The van der Waals surface area contributed by atoms with Crippen molar-refractivity contribution in [1.29, 1.82) is 0 Å². The van der Waals surface area contributed by atoms with E-state index in [4.69, 9.17) is 23.2 Å². The highest BCUT2D eigenvalue weighted by Gasteiger charge is 2.37. The number of aliphatic hydroxyl groups is 1. The number of aromatic nitrogens is 2. The number of nitrogens with zero attached hydrogens (tertiary/aromatic N) is 2. The van der Waals surface area contributed by atoms with Crippen LogP contribution in [0.15, 0.2) is 30.3 Å².